The Morgan fingerprint density at radius 2 is 1.76 bits per heavy atom. The lowest BCUT2D eigenvalue weighted by Gasteiger charge is -2.30. The standard InChI is InChI=1S/C25H22O4/c1-2-29-25(28)24-21(20-12-7-9-16-8-3-4-10-18(16)20)14-17(15-23(24)27)19-11-5-6-13-22(19)26/h3-13,15,21,24,26H,2,14H2,1H3. The number of rotatable bonds is 4. The number of ether oxygens (including phenoxy) is 1. The van der Waals surface area contributed by atoms with Crippen LogP contribution in [0.4, 0.5) is 0 Å². The van der Waals surface area contributed by atoms with E-state index in [1.807, 2.05) is 48.5 Å². The summed E-state index contributed by atoms with van der Waals surface area (Å²) in [5.41, 5.74) is 2.29. The summed E-state index contributed by atoms with van der Waals surface area (Å²) in [5.74, 6) is -1.92. The van der Waals surface area contributed by atoms with Crippen LogP contribution in [0, 0.1) is 5.92 Å². The van der Waals surface area contributed by atoms with Crippen LogP contribution in [0.15, 0.2) is 72.8 Å². The van der Waals surface area contributed by atoms with Crippen LogP contribution in [0.2, 0.25) is 0 Å². The molecule has 4 heteroatoms. The first-order chi connectivity index (χ1) is 14.1. The molecule has 0 saturated heterocycles. The van der Waals surface area contributed by atoms with Gasteiger partial charge in [0.2, 0.25) is 0 Å². The topological polar surface area (TPSA) is 63.6 Å². The van der Waals surface area contributed by atoms with Crippen LogP contribution in [0.25, 0.3) is 16.3 Å². The van der Waals surface area contributed by atoms with Crippen LogP contribution < -0.4 is 0 Å². The van der Waals surface area contributed by atoms with Gasteiger partial charge in [-0.1, -0.05) is 60.7 Å². The lowest BCUT2D eigenvalue weighted by Crippen LogP contribution is -2.34. The second-order valence-electron chi connectivity index (χ2n) is 7.20. The Bertz CT molecular complexity index is 1110. The van der Waals surface area contributed by atoms with Gasteiger partial charge in [0.25, 0.3) is 0 Å². The molecule has 2 unspecified atom stereocenters. The highest BCUT2D eigenvalue weighted by atomic mass is 16.5. The van der Waals surface area contributed by atoms with E-state index in [0.29, 0.717) is 12.0 Å². The molecule has 1 N–H and O–H groups in total. The number of carbonyl (C=O) groups is 2. The van der Waals surface area contributed by atoms with Crippen molar-refractivity contribution >= 4 is 28.1 Å². The molecule has 0 aromatic heterocycles. The quantitative estimate of drug-likeness (QED) is 0.513. The molecule has 2 atom stereocenters. The van der Waals surface area contributed by atoms with Crippen molar-refractivity contribution in [2.24, 2.45) is 5.92 Å². The van der Waals surface area contributed by atoms with E-state index in [9.17, 15) is 14.7 Å². The first-order valence-electron chi connectivity index (χ1n) is 9.77. The van der Waals surface area contributed by atoms with Gasteiger partial charge in [-0.2, -0.15) is 0 Å². The number of para-hydroxylation sites is 1. The Hall–Kier alpha value is -3.40. The number of aromatic hydroxyl groups is 1. The molecule has 3 aromatic carbocycles. The van der Waals surface area contributed by atoms with Gasteiger partial charge in [0, 0.05) is 11.5 Å². The zero-order valence-electron chi connectivity index (χ0n) is 16.2. The molecule has 4 nitrogen and oxygen atoms in total. The smallest absolute Gasteiger partial charge is 0.317 e. The molecule has 29 heavy (non-hydrogen) atoms. The Morgan fingerprint density at radius 1 is 1.03 bits per heavy atom. The molecular weight excluding hydrogens is 364 g/mol. The van der Waals surface area contributed by atoms with Crippen molar-refractivity contribution in [3.05, 3.63) is 83.9 Å². The monoisotopic (exact) mass is 386 g/mol. The highest BCUT2D eigenvalue weighted by Gasteiger charge is 2.40. The van der Waals surface area contributed by atoms with Crippen molar-refractivity contribution in [2.45, 2.75) is 19.3 Å². The summed E-state index contributed by atoms with van der Waals surface area (Å²) >= 11 is 0. The van der Waals surface area contributed by atoms with Crippen molar-refractivity contribution in [3.8, 4) is 5.75 Å². The second kappa shape index (κ2) is 7.92. The number of phenols is 1. The SMILES string of the molecule is CCOC(=O)C1C(=O)C=C(c2ccccc2O)CC1c1cccc2ccccc12. The zero-order chi connectivity index (χ0) is 20.4. The van der Waals surface area contributed by atoms with E-state index in [2.05, 4.69) is 0 Å². The Balaban J connectivity index is 1.86. The van der Waals surface area contributed by atoms with Crippen molar-refractivity contribution in [1.82, 2.24) is 0 Å². The van der Waals surface area contributed by atoms with E-state index in [1.54, 1.807) is 25.1 Å². The summed E-state index contributed by atoms with van der Waals surface area (Å²) in [4.78, 5) is 25.8. The fraction of sp³-hybridized carbons (Fsp3) is 0.200. The number of hydrogen-bond donors (Lipinski definition) is 1. The largest absolute Gasteiger partial charge is 0.507 e. The molecule has 0 spiro atoms. The molecule has 1 aliphatic carbocycles. The van der Waals surface area contributed by atoms with Crippen LogP contribution in [0.1, 0.15) is 30.4 Å². The Labute approximate surface area is 169 Å². The van der Waals surface area contributed by atoms with Gasteiger partial charge in [-0.25, -0.2) is 0 Å². The van der Waals surface area contributed by atoms with Gasteiger partial charge in [0.05, 0.1) is 6.61 Å². The minimum absolute atomic E-state index is 0.123. The maximum absolute atomic E-state index is 13.1. The predicted octanol–water partition coefficient (Wildman–Crippen LogP) is 4.86. The average molecular weight is 386 g/mol. The number of allylic oxidation sites excluding steroid dienone is 2. The average Bonchev–Trinajstić information content (AvgIpc) is 2.73. The van der Waals surface area contributed by atoms with Crippen molar-refractivity contribution in [2.75, 3.05) is 6.61 Å². The summed E-state index contributed by atoms with van der Waals surface area (Å²) in [7, 11) is 0. The molecular formula is C25H22O4. The molecule has 0 radical (unpaired) electrons. The van der Waals surface area contributed by atoms with Crippen molar-refractivity contribution in [1.29, 1.82) is 0 Å². The molecule has 0 saturated carbocycles. The number of esters is 1. The number of phenolic OH excluding ortho intramolecular Hbond substituents is 1. The molecule has 1 aliphatic rings. The number of carbonyl (C=O) groups excluding carboxylic acids is 2. The van der Waals surface area contributed by atoms with Gasteiger partial charge in [-0.05, 0) is 47.4 Å². The van der Waals surface area contributed by atoms with E-state index in [0.717, 1.165) is 21.9 Å². The number of fused-ring (bicyclic) bond motifs is 1. The van der Waals surface area contributed by atoms with Gasteiger partial charge in [-0.15, -0.1) is 0 Å². The number of benzene rings is 3. The first kappa shape index (κ1) is 18.9. The Kier molecular flexibility index (Phi) is 5.17. The molecule has 0 amide bonds. The number of hydrogen-bond acceptors (Lipinski definition) is 4. The summed E-state index contributed by atoms with van der Waals surface area (Å²) in [6, 6.07) is 20.8. The van der Waals surface area contributed by atoms with Crippen molar-refractivity contribution in [3.63, 3.8) is 0 Å². The third-order valence-corrected chi connectivity index (χ3v) is 5.48. The van der Waals surface area contributed by atoms with Gasteiger partial charge < -0.3 is 9.84 Å². The summed E-state index contributed by atoms with van der Waals surface area (Å²) in [5, 5.41) is 12.4. The van der Waals surface area contributed by atoms with Crippen LogP contribution in [0.3, 0.4) is 0 Å². The van der Waals surface area contributed by atoms with Gasteiger partial charge in [0.15, 0.2) is 5.78 Å². The second-order valence-corrected chi connectivity index (χ2v) is 7.20. The molecule has 146 valence electrons. The van der Waals surface area contributed by atoms with E-state index < -0.39 is 11.9 Å². The van der Waals surface area contributed by atoms with E-state index in [-0.39, 0.29) is 24.1 Å². The minimum atomic E-state index is -0.893. The van der Waals surface area contributed by atoms with Crippen LogP contribution in [-0.4, -0.2) is 23.5 Å². The van der Waals surface area contributed by atoms with Crippen LogP contribution in [0.5, 0.6) is 5.75 Å². The molecule has 0 fully saturated rings. The highest BCUT2D eigenvalue weighted by Crippen LogP contribution is 2.43. The summed E-state index contributed by atoms with van der Waals surface area (Å²) in [6.45, 7) is 1.96. The third-order valence-electron chi connectivity index (χ3n) is 5.48. The molecule has 0 bridgehead atoms. The minimum Gasteiger partial charge on any atom is -0.507 e. The Morgan fingerprint density at radius 3 is 2.55 bits per heavy atom. The van der Waals surface area contributed by atoms with Crippen LogP contribution >= 0.6 is 0 Å². The molecule has 4 rings (SSSR count). The van der Waals surface area contributed by atoms with Gasteiger partial charge >= 0.3 is 5.97 Å². The normalized spacial score (nSPS) is 19.1. The summed E-state index contributed by atoms with van der Waals surface area (Å²) in [6.07, 6.45) is 1.94. The van der Waals surface area contributed by atoms with E-state index in [1.165, 1.54) is 6.08 Å². The predicted molar refractivity (Wildman–Crippen MR) is 113 cm³/mol. The highest BCUT2D eigenvalue weighted by molar-refractivity contribution is 6.11. The summed E-state index contributed by atoms with van der Waals surface area (Å²) < 4.78 is 5.24. The van der Waals surface area contributed by atoms with Crippen LogP contribution in [-0.2, 0) is 14.3 Å². The number of ketones is 1. The maximum atomic E-state index is 13.1. The fourth-order valence-electron chi connectivity index (χ4n) is 4.18. The van der Waals surface area contributed by atoms with Gasteiger partial charge in [-0.3, -0.25) is 9.59 Å². The van der Waals surface area contributed by atoms with Crippen molar-refractivity contribution < 1.29 is 19.4 Å². The van der Waals surface area contributed by atoms with E-state index in [4.69, 9.17) is 4.74 Å². The molecule has 0 heterocycles. The first-order valence-corrected chi connectivity index (χ1v) is 9.77. The molecule has 3 aromatic rings. The van der Waals surface area contributed by atoms with E-state index >= 15 is 0 Å². The molecule has 0 aliphatic heterocycles. The third kappa shape index (κ3) is 3.54. The lowest BCUT2D eigenvalue weighted by atomic mass is 9.72. The maximum Gasteiger partial charge on any atom is 0.317 e. The lowest BCUT2D eigenvalue weighted by molar-refractivity contribution is -0.151. The fourth-order valence-corrected chi connectivity index (χ4v) is 4.18. The zero-order valence-corrected chi connectivity index (χ0v) is 16.2. The van der Waals surface area contributed by atoms with Gasteiger partial charge in [0.1, 0.15) is 11.7 Å².